The van der Waals surface area contributed by atoms with Gasteiger partial charge in [0.15, 0.2) is 0 Å². The van der Waals surface area contributed by atoms with E-state index in [9.17, 15) is 14.7 Å². The number of phenolic OH excluding ortho intramolecular Hbond substituents is 1. The number of ether oxygens (including phenoxy) is 1. The molecule has 0 aliphatic carbocycles. The van der Waals surface area contributed by atoms with Crippen molar-refractivity contribution in [2.24, 2.45) is 5.10 Å². The number of hydrogen-bond donors (Lipinski definition) is 3. The van der Waals surface area contributed by atoms with Crippen LogP contribution in [0.4, 0.5) is 10.5 Å². The van der Waals surface area contributed by atoms with Gasteiger partial charge in [-0.1, -0.05) is 18.2 Å². The van der Waals surface area contributed by atoms with Crippen molar-refractivity contribution < 1.29 is 19.4 Å². The van der Waals surface area contributed by atoms with Gasteiger partial charge in [-0.15, -0.1) is 0 Å². The molecule has 0 bridgehead atoms. The van der Waals surface area contributed by atoms with E-state index in [1.807, 2.05) is 0 Å². The highest BCUT2D eigenvalue weighted by atomic mass is 16.5. The molecule has 2 rings (SSSR count). The number of benzene rings is 2. The normalized spacial score (nSPS) is 10.3. The molecular weight excluding hydrogens is 298 g/mol. The Balaban J connectivity index is 1.93. The molecule has 0 aliphatic rings. The largest absolute Gasteiger partial charge is 0.508 e. The van der Waals surface area contributed by atoms with Crippen molar-refractivity contribution in [3.05, 3.63) is 59.7 Å². The van der Waals surface area contributed by atoms with Gasteiger partial charge < -0.3 is 15.2 Å². The average molecular weight is 313 g/mol. The number of urea groups is 1. The van der Waals surface area contributed by atoms with Crippen LogP contribution in [0.25, 0.3) is 0 Å². The second kappa shape index (κ2) is 7.60. The summed E-state index contributed by atoms with van der Waals surface area (Å²) >= 11 is 0. The summed E-state index contributed by atoms with van der Waals surface area (Å²) < 4.78 is 4.61. The van der Waals surface area contributed by atoms with Gasteiger partial charge in [0.1, 0.15) is 5.75 Å². The maximum atomic E-state index is 11.7. The first-order valence-electron chi connectivity index (χ1n) is 6.66. The number of nitrogens with zero attached hydrogens (tertiary/aromatic N) is 1. The number of esters is 1. The number of anilines is 1. The number of nitrogens with one attached hydrogen (secondary N) is 2. The van der Waals surface area contributed by atoms with Gasteiger partial charge in [-0.25, -0.2) is 15.0 Å². The van der Waals surface area contributed by atoms with Crippen LogP contribution in [0.1, 0.15) is 15.9 Å². The summed E-state index contributed by atoms with van der Waals surface area (Å²) in [6, 6.07) is 12.2. The van der Waals surface area contributed by atoms with Crippen molar-refractivity contribution in [1.29, 1.82) is 0 Å². The molecule has 2 aromatic carbocycles. The number of rotatable bonds is 4. The lowest BCUT2D eigenvalue weighted by Crippen LogP contribution is -2.24. The standard InChI is InChI=1S/C16H15N3O4/c1-23-15(21)12-5-3-6-13(9-12)18-16(22)19-17-10-11-4-2-7-14(20)8-11/h2-10,20H,1H3,(H2,18,19,22)/b17-10+. The zero-order valence-electron chi connectivity index (χ0n) is 12.3. The molecule has 0 atom stereocenters. The summed E-state index contributed by atoms with van der Waals surface area (Å²) in [5.74, 6) is -0.381. The monoisotopic (exact) mass is 313 g/mol. The zero-order valence-corrected chi connectivity index (χ0v) is 12.3. The third-order valence-corrected chi connectivity index (χ3v) is 2.79. The summed E-state index contributed by atoms with van der Waals surface area (Å²) in [7, 11) is 1.28. The number of phenols is 1. The lowest BCUT2D eigenvalue weighted by atomic mass is 10.2. The van der Waals surface area contributed by atoms with Crippen LogP contribution in [0.2, 0.25) is 0 Å². The van der Waals surface area contributed by atoms with Gasteiger partial charge in [0, 0.05) is 5.69 Å². The van der Waals surface area contributed by atoms with Crippen molar-refractivity contribution >= 4 is 23.9 Å². The van der Waals surface area contributed by atoms with Gasteiger partial charge in [-0.2, -0.15) is 5.10 Å². The molecule has 23 heavy (non-hydrogen) atoms. The molecule has 0 aromatic heterocycles. The lowest BCUT2D eigenvalue weighted by molar-refractivity contribution is 0.0600. The van der Waals surface area contributed by atoms with E-state index >= 15 is 0 Å². The van der Waals surface area contributed by atoms with Gasteiger partial charge in [-0.3, -0.25) is 0 Å². The van der Waals surface area contributed by atoms with Crippen molar-refractivity contribution in [2.45, 2.75) is 0 Å². The van der Waals surface area contributed by atoms with Crippen molar-refractivity contribution in [2.75, 3.05) is 12.4 Å². The van der Waals surface area contributed by atoms with Gasteiger partial charge in [-0.05, 0) is 35.9 Å². The number of amides is 2. The average Bonchev–Trinajstić information content (AvgIpc) is 2.54. The smallest absolute Gasteiger partial charge is 0.339 e. The summed E-state index contributed by atoms with van der Waals surface area (Å²) in [4.78, 5) is 23.1. The Morgan fingerprint density at radius 3 is 2.70 bits per heavy atom. The minimum absolute atomic E-state index is 0.109. The molecule has 3 N–H and O–H groups in total. The summed E-state index contributed by atoms with van der Waals surface area (Å²) in [6.45, 7) is 0. The first-order valence-corrected chi connectivity index (χ1v) is 6.66. The Kier molecular flexibility index (Phi) is 5.30. The van der Waals surface area contributed by atoms with Crippen LogP contribution in [0.3, 0.4) is 0 Å². The molecular formula is C16H15N3O4. The van der Waals surface area contributed by atoms with Crippen molar-refractivity contribution in [3.8, 4) is 5.75 Å². The summed E-state index contributed by atoms with van der Waals surface area (Å²) in [6.07, 6.45) is 1.39. The van der Waals surface area contributed by atoms with Crippen molar-refractivity contribution in [1.82, 2.24) is 5.43 Å². The minimum atomic E-state index is -0.566. The highest BCUT2D eigenvalue weighted by molar-refractivity contribution is 5.94. The maximum Gasteiger partial charge on any atom is 0.339 e. The first kappa shape index (κ1) is 16.0. The van der Waals surface area contributed by atoms with Crippen LogP contribution in [0.5, 0.6) is 5.75 Å². The number of hydrazone groups is 1. The second-order valence-electron chi connectivity index (χ2n) is 4.49. The lowest BCUT2D eigenvalue weighted by Gasteiger charge is -2.05. The van der Waals surface area contributed by atoms with E-state index in [4.69, 9.17) is 0 Å². The number of methoxy groups -OCH3 is 1. The molecule has 7 heteroatoms. The predicted octanol–water partition coefficient (Wildman–Crippen LogP) is 2.33. The van der Waals surface area contributed by atoms with Crippen LogP contribution < -0.4 is 10.7 Å². The second-order valence-corrected chi connectivity index (χ2v) is 4.49. The van der Waals surface area contributed by atoms with E-state index in [0.29, 0.717) is 16.8 Å². The molecule has 0 radical (unpaired) electrons. The molecule has 0 fully saturated rings. The Hall–Kier alpha value is -3.35. The predicted molar refractivity (Wildman–Crippen MR) is 85.6 cm³/mol. The number of carbonyl (C=O) groups excluding carboxylic acids is 2. The summed E-state index contributed by atoms with van der Waals surface area (Å²) in [5.41, 5.74) is 3.68. The Labute approximate surface area is 132 Å². The Morgan fingerprint density at radius 2 is 1.96 bits per heavy atom. The van der Waals surface area contributed by atoms with Gasteiger partial charge in [0.05, 0.1) is 18.9 Å². The van der Waals surface area contributed by atoms with Crippen LogP contribution in [0, 0.1) is 0 Å². The highest BCUT2D eigenvalue weighted by Crippen LogP contribution is 2.11. The third-order valence-electron chi connectivity index (χ3n) is 2.79. The van der Waals surface area contributed by atoms with Crippen LogP contribution in [-0.4, -0.2) is 30.4 Å². The molecule has 7 nitrogen and oxygen atoms in total. The first-order chi connectivity index (χ1) is 11.1. The number of carbonyl (C=O) groups is 2. The Bertz CT molecular complexity index is 744. The van der Waals surface area contributed by atoms with Gasteiger partial charge in [0.2, 0.25) is 0 Å². The van der Waals surface area contributed by atoms with Crippen molar-refractivity contribution in [3.63, 3.8) is 0 Å². The SMILES string of the molecule is COC(=O)c1cccc(NC(=O)N/N=C/c2cccc(O)c2)c1. The molecule has 0 spiro atoms. The van der Waals surface area contributed by atoms with Gasteiger partial charge >= 0.3 is 12.0 Å². The maximum absolute atomic E-state index is 11.7. The molecule has 2 aromatic rings. The van der Waals surface area contributed by atoms with E-state index in [1.54, 1.807) is 30.3 Å². The van der Waals surface area contributed by atoms with E-state index < -0.39 is 12.0 Å². The van der Waals surface area contributed by atoms with Crippen LogP contribution in [-0.2, 0) is 4.74 Å². The van der Waals surface area contributed by atoms with E-state index in [2.05, 4.69) is 20.6 Å². The van der Waals surface area contributed by atoms with E-state index in [1.165, 1.54) is 31.5 Å². The van der Waals surface area contributed by atoms with E-state index in [0.717, 1.165) is 0 Å². The summed E-state index contributed by atoms with van der Waals surface area (Å²) in [5, 5.41) is 15.6. The van der Waals surface area contributed by atoms with Crippen LogP contribution >= 0.6 is 0 Å². The molecule has 0 unspecified atom stereocenters. The third kappa shape index (κ3) is 4.85. The van der Waals surface area contributed by atoms with Gasteiger partial charge in [0.25, 0.3) is 0 Å². The fourth-order valence-corrected chi connectivity index (χ4v) is 1.77. The zero-order chi connectivity index (χ0) is 16.7. The molecule has 2 amide bonds. The minimum Gasteiger partial charge on any atom is -0.508 e. The molecule has 0 aliphatic heterocycles. The number of aromatic hydroxyl groups is 1. The van der Waals surface area contributed by atoms with E-state index in [-0.39, 0.29) is 5.75 Å². The highest BCUT2D eigenvalue weighted by Gasteiger charge is 2.07. The molecule has 0 saturated carbocycles. The molecule has 0 saturated heterocycles. The Morgan fingerprint density at radius 1 is 1.17 bits per heavy atom. The topological polar surface area (TPSA) is 100 Å². The number of hydrogen-bond acceptors (Lipinski definition) is 5. The fourth-order valence-electron chi connectivity index (χ4n) is 1.77. The molecule has 118 valence electrons. The molecule has 0 heterocycles. The quantitative estimate of drug-likeness (QED) is 0.458. The fraction of sp³-hybridized carbons (Fsp3) is 0.0625. The van der Waals surface area contributed by atoms with Crippen LogP contribution in [0.15, 0.2) is 53.6 Å².